The van der Waals surface area contributed by atoms with E-state index in [0.29, 0.717) is 30.9 Å². The quantitative estimate of drug-likeness (QED) is 0.472. The molecule has 0 aromatic heterocycles. The topological polar surface area (TPSA) is 96.7 Å². The van der Waals surface area contributed by atoms with E-state index in [1.54, 1.807) is 6.07 Å². The first-order valence-corrected chi connectivity index (χ1v) is 6.51. The van der Waals surface area contributed by atoms with Crippen LogP contribution in [0.3, 0.4) is 0 Å². The molecule has 0 aliphatic carbocycles. The fraction of sp³-hybridized carbons (Fsp3) is 0.538. The number of hydrogen-bond donors (Lipinski definition) is 3. The predicted molar refractivity (Wildman–Crippen MR) is 78.2 cm³/mol. The van der Waals surface area contributed by atoms with Crippen molar-refractivity contribution < 1.29 is 14.8 Å². The number of aliphatic hydroxyl groups is 1. The Labute approximate surface area is 118 Å². The molecule has 1 aromatic carbocycles. The highest BCUT2D eigenvalue weighted by molar-refractivity contribution is 5.63. The minimum Gasteiger partial charge on any atom is -0.391 e. The third-order valence-electron chi connectivity index (χ3n) is 2.68. The minimum atomic E-state index is -0.542. The number of nitro groups is 1. The lowest BCUT2D eigenvalue weighted by molar-refractivity contribution is -0.384. The number of non-ortho nitro benzene ring substituents is 1. The normalized spacial score (nSPS) is 11.9. The maximum Gasteiger partial charge on any atom is 0.273 e. The zero-order valence-corrected chi connectivity index (χ0v) is 11.8. The highest BCUT2D eigenvalue weighted by Gasteiger charge is 2.10. The molecule has 1 rings (SSSR count). The standard InChI is InChI=1S/C13H21N3O4/c1-3-14-10-6-11(8-12(7-10)16(18)19)15-5-4-13(17)9-20-2/h6-8,13-15,17H,3-5,9H2,1-2H3. The Morgan fingerprint density at radius 2 is 2.00 bits per heavy atom. The van der Waals surface area contributed by atoms with E-state index in [2.05, 4.69) is 10.6 Å². The molecule has 0 aliphatic rings. The highest BCUT2D eigenvalue weighted by atomic mass is 16.6. The number of aliphatic hydroxyl groups excluding tert-OH is 1. The lowest BCUT2D eigenvalue weighted by atomic mass is 10.2. The van der Waals surface area contributed by atoms with Crippen LogP contribution in [0.25, 0.3) is 0 Å². The van der Waals surface area contributed by atoms with Crippen molar-refractivity contribution in [2.75, 3.05) is 37.4 Å². The van der Waals surface area contributed by atoms with E-state index < -0.39 is 11.0 Å². The molecule has 0 fully saturated rings. The van der Waals surface area contributed by atoms with Gasteiger partial charge in [0, 0.05) is 43.7 Å². The van der Waals surface area contributed by atoms with Crippen molar-refractivity contribution in [3.05, 3.63) is 28.3 Å². The molecular formula is C13H21N3O4. The van der Waals surface area contributed by atoms with Crippen molar-refractivity contribution in [1.82, 2.24) is 0 Å². The van der Waals surface area contributed by atoms with Crippen LogP contribution in [0, 0.1) is 10.1 Å². The van der Waals surface area contributed by atoms with Gasteiger partial charge in [0.1, 0.15) is 0 Å². The lowest BCUT2D eigenvalue weighted by Gasteiger charge is -2.12. The van der Waals surface area contributed by atoms with Crippen LogP contribution >= 0.6 is 0 Å². The fourth-order valence-electron chi connectivity index (χ4n) is 1.78. The molecule has 3 N–H and O–H groups in total. The summed E-state index contributed by atoms with van der Waals surface area (Å²) in [6.45, 7) is 3.40. The largest absolute Gasteiger partial charge is 0.391 e. The van der Waals surface area contributed by atoms with E-state index in [9.17, 15) is 15.2 Å². The van der Waals surface area contributed by atoms with Gasteiger partial charge in [-0.05, 0) is 19.4 Å². The van der Waals surface area contributed by atoms with Crippen LogP contribution in [-0.4, -0.2) is 42.9 Å². The Morgan fingerprint density at radius 3 is 2.55 bits per heavy atom. The molecule has 0 aliphatic heterocycles. The van der Waals surface area contributed by atoms with Crippen LogP contribution in [0.15, 0.2) is 18.2 Å². The molecule has 0 radical (unpaired) electrons. The van der Waals surface area contributed by atoms with Crippen LogP contribution in [0.5, 0.6) is 0 Å². The Balaban J connectivity index is 2.66. The van der Waals surface area contributed by atoms with E-state index >= 15 is 0 Å². The van der Waals surface area contributed by atoms with Crippen LogP contribution in [-0.2, 0) is 4.74 Å². The summed E-state index contributed by atoms with van der Waals surface area (Å²) in [5.74, 6) is 0. The number of nitro benzene ring substituents is 1. The number of ether oxygens (including phenoxy) is 1. The molecular weight excluding hydrogens is 262 g/mol. The molecule has 0 bridgehead atoms. The summed E-state index contributed by atoms with van der Waals surface area (Å²) in [6.07, 6.45) is -0.0352. The number of rotatable bonds is 9. The Kier molecular flexibility index (Phi) is 6.75. The summed E-state index contributed by atoms with van der Waals surface area (Å²) in [5, 5.41) is 26.5. The number of methoxy groups -OCH3 is 1. The average Bonchev–Trinajstić information content (AvgIpc) is 2.39. The van der Waals surface area contributed by atoms with Crippen molar-refractivity contribution >= 4 is 17.1 Å². The minimum absolute atomic E-state index is 0.0309. The van der Waals surface area contributed by atoms with Crippen molar-refractivity contribution in [2.24, 2.45) is 0 Å². The van der Waals surface area contributed by atoms with Crippen molar-refractivity contribution in [1.29, 1.82) is 0 Å². The summed E-state index contributed by atoms with van der Waals surface area (Å²) >= 11 is 0. The molecule has 1 unspecified atom stereocenters. The predicted octanol–water partition coefficient (Wildman–Crippen LogP) is 1.84. The molecule has 7 heteroatoms. The maximum atomic E-state index is 10.9. The zero-order valence-electron chi connectivity index (χ0n) is 11.8. The zero-order chi connectivity index (χ0) is 15.0. The molecule has 0 saturated heterocycles. The first-order valence-electron chi connectivity index (χ1n) is 6.51. The molecule has 20 heavy (non-hydrogen) atoms. The summed E-state index contributed by atoms with van der Waals surface area (Å²) in [4.78, 5) is 10.4. The second-order valence-electron chi connectivity index (χ2n) is 4.38. The monoisotopic (exact) mass is 283 g/mol. The van der Waals surface area contributed by atoms with E-state index in [4.69, 9.17) is 4.74 Å². The van der Waals surface area contributed by atoms with Crippen LogP contribution in [0.4, 0.5) is 17.1 Å². The summed E-state index contributed by atoms with van der Waals surface area (Å²) in [5.41, 5.74) is 1.38. The van der Waals surface area contributed by atoms with Gasteiger partial charge >= 0.3 is 0 Å². The van der Waals surface area contributed by atoms with Gasteiger partial charge in [-0.25, -0.2) is 0 Å². The molecule has 1 atom stereocenters. The van der Waals surface area contributed by atoms with E-state index in [0.717, 1.165) is 0 Å². The van der Waals surface area contributed by atoms with Gasteiger partial charge in [0.15, 0.2) is 0 Å². The number of benzene rings is 1. The smallest absolute Gasteiger partial charge is 0.273 e. The summed E-state index contributed by atoms with van der Waals surface area (Å²) in [6, 6.07) is 4.77. The van der Waals surface area contributed by atoms with Crippen molar-refractivity contribution in [2.45, 2.75) is 19.4 Å². The Hall–Kier alpha value is -1.86. The third-order valence-corrected chi connectivity index (χ3v) is 2.68. The van der Waals surface area contributed by atoms with Gasteiger partial charge in [0.25, 0.3) is 5.69 Å². The molecule has 0 amide bonds. The van der Waals surface area contributed by atoms with Crippen molar-refractivity contribution in [3.8, 4) is 0 Å². The van der Waals surface area contributed by atoms with Gasteiger partial charge in [-0.2, -0.15) is 0 Å². The molecule has 1 aromatic rings. The van der Waals surface area contributed by atoms with Gasteiger partial charge < -0.3 is 20.5 Å². The Morgan fingerprint density at radius 1 is 1.35 bits per heavy atom. The number of anilines is 2. The lowest BCUT2D eigenvalue weighted by Crippen LogP contribution is -2.18. The SMILES string of the molecule is CCNc1cc(NCCC(O)COC)cc([N+](=O)[O-])c1. The van der Waals surface area contributed by atoms with E-state index in [1.807, 2.05) is 6.92 Å². The van der Waals surface area contributed by atoms with E-state index in [-0.39, 0.29) is 12.3 Å². The van der Waals surface area contributed by atoms with Crippen LogP contribution in [0.1, 0.15) is 13.3 Å². The highest BCUT2D eigenvalue weighted by Crippen LogP contribution is 2.24. The molecule has 7 nitrogen and oxygen atoms in total. The molecule has 0 heterocycles. The Bertz CT molecular complexity index is 440. The number of nitrogens with one attached hydrogen (secondary N) is 2. The second-order valence-corrected chi connectivity index (χ2v) is 4.38. The van der Waals surface area contributed by atoms with Crippen LogP contribution in [0.2, 0.25) is 0 Å². The van der Waals surface area contributed by atoms with Gasteiger partial charge in [0.2, 0.25) is 0 Å². The number of hydrogen-bond acceptors (Lipinski definition) is 6. The van der Waals surface area contributed by atoms with Crippen molar-refractivity contribution in [3.63, 3.8) is 0 Å². The fourth-order valence-corrected chi connectivity index (χ4v) is 1.78. The second kappa shape index (κ2) is 8.34. The van der Waals surface area contributed by atoms with Gasteiger partial charge in [0.05, 0.1) is 17.6 Å². The summed E-state index contributed by atoms with van der Waals surface area (Å²) in [7, 11) is 1.53. The summed E-state index contributed by atoms with van der Waals surface area (Å²) < 4.78 is 4.83. The maximum absolute atomic E-state index is 10.9. The van der Waals surface area contributed by atoms with Gasteiger partial charge in [-0.1, -0.05) is 0 Å². The van der Waals surface area contributed by atoms with Crippen LogP contribution < -0.4 is 10.6 Å². The molecule has 0 spiro atoms. The average molecular weight is 283 g/mol. The van der Waals surface area contributed by atoms with Gasteiger partial charge in [-0.15, -0.1) is 0 Å². The van der Waals surface area contributed by atoms with Gasteiger partial charge in [-0.3, -0.25) is 10.1 Å². The first kappa shape index (κ1) is 16.2. The third kappa shape index (κ3) is 5.41. The molecule has 112 valence electrons. The molecule has 0 saturated carbocycles. The van der Waals surface area contributed by atoms with E-state index in [1.165, 1.54) is 19.2 Å². The number of nitrogens with zero attached hydrogens (tertiary/aromatic N) is 1. The first-order chi connectivity index (χ1) is 9.56.